The summed E-state index contributed by atoms with van der Waals surface area (Å²) in [5, 5.41) is 19.4. The average Bonchev–Trinajstić information content (AvgIpc) is 2.78. The average molecular weight is 693 g/mol. The molecule has 3 amide bonds. The van der Waals surface area contributed by atoms with E-state index in [1.807, 2.05) is 64.1 Å². The fraction of sp³-hybridized carbons (Fsp3) is 0.607. The van der Waals surface area contributed by atoms with Gasteiger partial charge in [0, 0.05) is 17.7 Å². The molecule has 6 N–H and O–H groups in total. The van der Waals surface area contributed by atoms with E-state index in [0.717, 1.165) is 11.7 Å². The summed E-state index contributed by atoms with van der Waals surface area (Å²) in [6, 6.07) is 0.890. The predicted molar refractivity (Wildman–Crippen MR) is 167 cm³/mol. The molecule has 0 radical (unpaired) electrons. The number of hydrogen-bond donors (Lipinski definition) is 5. The van der Waals surface area contributed by atoms with Crippen molar-refractivity contribution in [1.82, 2.24) is 16.0 Å². The van der Waals surface area contributed by atoms with Gasteiger partial charge in [-0.05, 0) is 77.3 Å². The highest BCUT2D eigenvalue weighted by Crippen LogP contribution is 2.28. The zero-order chi connectivity index (χ0) is 30.8. The predicted octanol–water partition coefficient (Wildman–Crippen LogP) is 3.27. The minimum atomic E-state index is -3.37. The maximum absolute atomic E-state index is 13.4. The molecule has 0 saturated heterocycles. The molecule has 1 aromatic carbocycles. The van der Waals surface area contributed by atoms with E-state index in [4.69, 9.17) is 5.73 Å². The quantitative estimate of drug-likeness (QED) is 0.107. The summed E-state index contributed by atoms with van der Waals surface area (Å²) >= 11 is 1.93. The molecule has 40 heavy (non-hydrogen) atoms. The van der Waals surface area contributed by atoms with Crippen LogP contribution in [-0.4, -0.2) is 55.6 Å². The third-order valence-electron chi connectivity index (χ3n) is 5.83. The van der Waals surface area contributed by atoms with Crippen LogP contribution < -0.4 is 21.7 Å². The molecule has 0 bridgehead atoms. The second-order valence-electron chi connectivity index (χ2n) is 11.5. The standard InChI is InChI=1S/C28H45IN4O6S/c1-16(2)10-20(8-9-40(7,38)39)31-27(36)24(12-18(5)6)33-28(37)23(11-17(3)4)32-25(34)15-19-13-21(29)26(35)22(30)14-19/h8-9,13-14,16-18,20,23-24,35H,10-12,15,30H2,1-7H3,(H,31,36)(H,32,34)(H,33,37)/b9-8+/t20-,23+,24+/m1/s1. The number of halogens is 1. The molecule has 0 saturated carbocycles. The van der Waals surface area contributed by atoms with Crippen molar-refractivity contribution in [2.24, 2.45) is 17.8 Å². The van der Waals surface area contributed by atoms with Crippen molar-refractivity contribution < 1.29 is 27.9 Å². The number of nitrogens with one attached hydrogen (secondary N) is 3. The van der Waals surface area contributed by atoms with E-state index >= 15 is 0 Å². The minimum absolute atomic E-state index is 0.0399. The van der Waals surface area contributed by atoms with Crippen LogP contribution in [0.4, 0.5) is 5.69 Å². The zero-order valence-electron chi connectivity index (χ0n) is 24.5. The number of phenols is 1. The number of sulfone groups is 1. The highest BCUT2D eigenvalue weighted by molar-refractivity contribution is 14.1. The molecule has 0 aromatic heterocycles. The molecule has 1 aromatic rings. The van der Waals surface area contributed by atoms with E-state index < -0.39 is 45.7 Å². The summed E-state index contributed by atoms with van der Waals surface area (Å²) in [5.41, 5.74) is 6.57. The fourth-order valence-corrected chi connectivity index (χ4v) is 5.29. The van der Waals surface area contributed by atoms with Crippen LogP contribution in [0.5, 0.6) is 5.75 Å². The number of benzene rings is 1. The number of rotatable bonds is 15. The molecule has 0 aliphatic carbocycles. The number of hydrogen-bond acceptors (Lipinski definition) is 7. The number of anilines is 1. The van der Waals surface area contributed by atoms with Gasteiger partial charge >= 0.3 is 0 Å². The lowest BCUT2D eigenvalue weighted by Gasteiger charge is -2.27. The maximum atomic E-state index is 13.4. The summed E-state index contributed by atoms with van der Waals surface area (Å²) < 4.78 is 23.8. The van der Waals surface area contributed by atoms with Crippen LogP contribution in [0.3, 0.4) is 0 Å². The summed E-state index contributed by atoms with van der Waals surface area (Å²) in [6.45, 7) is 11.6. The van der Waals surface area contributed by atoms with Crippen LogP contribution >= 0.6 is 22.6 Å². The molecule has 0 aliphatic rings. The molecular weight excluding hydrogens is 647 g/mol. The molecule has 3 atom stereocenters. The Balaban J connectivity index is 3.09. The van der Waals surface area contributed by atoms with Crippen molar-refractivity contribution in [3.05, 3.63) is 32.8 Å². The Morgan fingerprint density at radius 3 is 1.88 bits per heavy atom. The molecule has 10 nitrogen and oxygen atoms in total. The molecule has 0 heterocycles. The van der Waals surface area contributed by atoms with Gasteiger partial charge in [-0.15, -0.1) is 0 Å². The first kappa shape index (κ1) is 35.7. The van der Waals surface area contributed by atoms with Crippen molar-refractivity contribution in [3.8, 4) is 5.75 Å². The van der Waals surface area contributed by atoms with Gasteiger partial charge in [-0.3, -0.25) is 14.4 Å². The highest BCUT2D eigenvalue weighted by atomic mass is 127. The van der Waals surface area contributed by atoms with E-state index in [1.54, 1.807) is 6.07 Å². The molecule has 0 aliphatic heterocycles. The monoisotopic (exact) mass is 692 g/mol. The Labute approximate surface area is 252 Å². The molecule has 1 rings (SSSR count). The lowest BCUT2D eigenvalue weighted by molar-refractivity contribution is -0.132. The Morgan fingerprint density at radius 1 is 0.900 bits per heavy atom. The molecule has 12 heteroatoms. The summed E-state index contributed by atoms with van der Waals surface area (Å²) in [7, 11) is -3.37. The molecule has 0 spiro atoms. The smallest absolute Gasteiger partial charge is 0.243 e. The number of nitrogens with two attached hydrogens (primary N) is 1. The van der Waals surface area contributed by atoms with Crippen molar-refractivity contribution >= 4 is 55.8 Å². The van der Waals surface area contributed by atoms with E-state index in [0.29, 0.717) is 28.4 Å². The lowest BCUT2D eigenvalue weighted by Crippen LogP contribution is -2.55. The number of carbonyl (C=O) groups excluding carboxylic acids is 3. The van der Waals surface area contributed by atoms with Gasteiger partial charge in [0.2, 0.25) is 17.7 Å². The lowest BCUT2D eigenvalue weighted by atomic mass is 9.99. The van der Waals surface area contributed by atoms with Gasteiger partial charge in [0.05, 0.1) is 15.7 Å². The van der Waals surface area contributed by atoms with E-state index in [-0.39, 0.29) is 35.6 Å². The van der Waals surface area contributed by atoms with E-state index in [1.165, 1.54) is 12.1 Å². The van der Waals surface area contributed by atoms with E-state index in [2.05, 4.69) is 16.0 Å². The first-order valence-corrected chi connectivity index (χ1v) is 16.5. The Bertz CT molecular complexity index is 1140. The molecule has 0 unspecified atom stereocenters. The van der Waals surface area contributed by atoms with Gasteiger partial charge in [0.25, 0.3) is 0 Å². The van der Waals surface area contributed by atoms with Gasteiger partial charge in [-0.1, -0.05) is 47.6 Å². The van der Waals surface area contributed by atoms with Crippen molar-refractivity contribution in [2.75, 3.05) is 12.0 Å². The zero-order valence-corrected chi connectivity index (χ0v) is 27.4. The third kappa shape index (κ3) is 13.8. The maximum Gasteiger partial charge on any atom is 0.243 e. The van der Waals surface area contributed by atoms with Gasteiger partial charge in [0.1, 0.15) is 12.1 Å². The second kappa shape index (κ2) is 16.2. The first-order chi connectivity index (χ1) is 18.4. The summed E-state index contributed by atoms with van der Waals surface area (Å²) in [5.74, 6) is -0.995. The number of aromatic hydroxyl groups is 1. The Hall–Kier alpha value is -2.35. The summed E-state index contributed by atoms with van der Waals surface area (Å²) in [4.78, 5) is 39.6. The first-order valence-electron chi connectivity index (χ1n) is 13.4. The topological polar surface area (TPSA) is 168 Å². The van der Waals surface area contributed by atoms with Crippen LogP contribution in [0.15, 0.2) is 23.6 Å². The fourth-order valence-electron chi connectivity index (χ4n) is 4.10. The molecule has 0 fully saturated rings. The number of amides is 3. The van der Waals surface area contributed by atoms with Crippen LogP contribution in [-0.2, 0) is 30.6 Å². The van der Waals surface area contributed by atoms with Gasteiger partial charge < -0.3 is 26.8 Å². The van der Waals surface area contributed by atoms with Crippen LogP contribution in [0, 0.1) is 21.3 Å². The summed E-state index contributed by atoms with van der Waals surface area (Å²) in [6.07, 6.45) is 3.74. The van der Waals surface area contributed by atoms with Crippen molar-refractivity contribution in [1.29, 1.82) is 0 Å². The minimum Gasteiger partial charge on any atom is -0.505 e. The number of nitrogen functional groups attached to an aromatic ring is 1. The van der Waals surface area contributed by atoms with Gasteiger partial charge in [-0.25, -0.2) is 8.42 Å². The highest BCUT2D eigenvalue weighted by Gasteiger charge is 2.29. The van der Waals surface area contributed by atoms with Gasteiger partial charge in [-0.2, -0.15) is 0 Å². The number of carbonyl (C=O) groups is 3. The van der Waals surface area contributed by atoms with Crippen molar-refractivity contribution in [3.63, 3.8) is 0 Å². The van der Waals surface area contributed by atoms with Crippen molar-refractivity contribution in [2.45, 2.75) is 85.4 Å². The van der Waals surface area contributed by atoms with E-state index in [9.17, 15) is 27.9 Å². The molecular formula is C28H45IN4O6S. The van der Waals surface area contributed by atoms with Crippen LogP contribution in [0.25, 0.3) is 0 Å². The van der Waals surface area contributed by atoms with Crippen LogP contribution in [0.2, 0.25) is 0 Å². The molecule has 226 valence electrons. The largest absolute Gasteiger partial charge is 0.505 e. The Morgan fingerprint density at radius 2 is 1.40 bits per heavy atom. The van der Waals surface area contributed by atoms with Gasteiger partial charge in [0.15, 0.2) is 15.6 Å². The SMILES string of the molecule is CC(C)C[C@@H](/C=C/S(C)(=O)=O)NC(=O)[C@H](CC(C)C)NC(=O)[C@H](CC(C)C)NC(=O)Cc1cc(N)c(O)c(I)c1. The second-order valence-corrected chi connectivity index (χ2v) is 14.6. The number of phenolic OH excluding ortho intramolecular Hbond substituents is 1. The van der Waals surface area contributed by atoms with Crippen LogP contribution in [0.1, 0.15) is 66.4 Å². The Kier molecular flexibility index (Phi) is 14.4. The normalized spacial score (nSPS) is 14.4. The third-order valence-corrected chi connectivity index (χ3v) is 7.30.